The van der Waals surface area contributed by atoms with E-state index in [-0.39, 0.29) is 18.3 Å². The van der Waals surface area contributed by atoms with Gasteiger partial charge in [-0.2, -0.15) is 0 Å². The maximum absolute atomic E-state index is 12.2. The highest BCUT2D eigenvalue weighted by Crippen LogP contribution is 2.25. The van der Waals surface area contributed by atoms with Gasteiger partial charge in [0.05, 0.1) is 0 Å². The van der Waals surface area contributed by atoms with E-state index >= 15 is 0 Å². The zero-order valence-corrected chi connectivity index (χ0v) is 13.0. The van der Waals surface area contributed by atoms with E-state index in [2.05, 4.69) is 36.1 Å². The van der Waals surface area contributed by atoms with Gasteiger partial charge in [0.15, 0.2) is 0 Å². The molecule has 20 heavy (non-hydrogen) atoms. The first-order valence-corrected chi connectivity index (χ1v) is 7.32. The van der Waals surface area contributed by atoms with Crippen molar-refractivity contribution in [2.45, 2.75) is 45.1 Å². The van der Waals surface area contributed by atoms with Gasteiger partial charge in [0, 0.05) is 25.6 Å². The lowest BCUT2D eigenvalue weighted by Gasteiger charge is -2.35. The van der Waals surface area contributed by atoms with Gasteiger partial charge in [0.2, 0.25) is 5.91 Å². The highest BCUT2D eigenvalue weighted by Gasteiger charge is 2.26. The molecule has 0 fully saturated rings. The van der Waals surface area contributed by atoms with Crippen molar-refractivity contribution in [2.24, 2.45) is 5.73 Å². The Morgan fingerprint density at radius 1 is 1.35 bits per heavy atom. The minimum Gasteiger partial charge on any atom is -0.339 e. The number of nitrogens with two attached hydrogens (primary N) is 1. The SMILES string of the molecule is CCCN(C(=O)CCN)C1CCc2ccccc2C1.Cl. The second kappa shape index (κ2) is 8.28. The van der Waals surface area contributed by atoms with Crippen LogP contribution in [-0.4, -0.2) is 29.9 Å². The van der Waals surface area contributed by atoms with Crippen molar-refractivity contribution in [3.8, 4) is 0 Å². The fourth-order valence-electron chi connectivity index (χ4n) is 2.96. The molecule has 1 aromatic carbocycles. The first-order valence-electron chi connectivity index (χ1n) is 7.32. The zero-order chi connectivity index (χ0) is 13.7. The van der Waals surface area contributed by atoms with Crippen LogP contribution in [-0.2, 0) is 17.6 Å². The Hall–Kier alpha value is -1.06. The van der Waals surface area contributed by atoms with Gasteiger partial charge < -0.3 is 10.6 Å². The predicted octanol–water partition coefficient (Wildman–Crippen LogP) is 2.55. The number of hydrogen-bond acceptors (Lipinski definition) is 2. The molecule has 0 aromatic heterocycles. The summed E-state index contributed by atoms with van der Waals surface area (Å²) in [5, 5.41) is 0. The molecule has 1 atom stereocenters. The van der Waals surface area contributed by atoms with Crippen molar-refractivity contribution in [1.82, 2.24) is 4.90 Å². The minimum absolute atomic E-state index is 0. The molecule has 0 saturated carbocycles. The highest BCUT2D eigenvalue weighted by molar-refractivity contribution is 5.85. The molecule has 1 aliphatic carbocycles. The first kappa shape index (κ1) is 17.0. The Bertz CT molecular complexity index is 436. The van der Waals surface area contributed by atoms with Gasteiger partial charge in [-0.25, -0.2) is 0 Å². The van der Waals surface area contributed by atoms with Crippen LogP contribution in [0, 0.1) is 0 Å². The fourth-order valence-corrected chi connectivity index (χ4v) is 2.96. The number of halogens is 1. The van der Waals surface area contributed by atoms with Crippen LogP contribution in [0.2, 0.25) is 0 Å². The third kappa shape index (κ3) is 3.97. The lowest BCUT2D eigenvalue weighted by Crippen LogP contribution is -2.44. The predicted molar refractivity (Wildman–Crippen MR) is 85.2 cm³/mol. The standard InChI is InChI=1S/C16H24N2O.ClH/c1-2-11-18(16(19)9-10-17)15-8-7-13-5-3-4-6-14(13)12-15;/h3-6,15H,2,7-12,17H2,1H3;1H. The summed E-state index contributed by atoms with van der Waals surface area (Å²) in [4.78, 5) is 14.2. The topological polar surface area (TPSA) is 46.3 Å². The van der Waals surface area contributed by atoms with Crippen LogP contribution in [0.3, 0.4) is 0 Å². The molecule has 3 nitrogen and oxygen atoms in total. The molecule has 1 aliphatic rings. The average Bonchev–Trinajstić information content (AvgIpc) is 2.44. The molecule has 0 bridgehead atoms. The van der Waals surface area contributed by atoms with Crippen LogP contribution in [0.15, 0.2) is 24.3 Å². The third-order valence-corrected chi connectivity index (χ3v) is 3.90. The van der Waals surface area contributed by atoms with Crippen LogP contribution < -0.4 is 5.73 Å². The quantitative estimate of drug-likeness (QED) is 0.908. The number of rotatable bonds is 5. The molecule has 0 radical (unpaired) electrons. The Kier molecular flexibility index (Phi) is 7.03. The molecule has 1 aromatic rings. The first-order chi connectivity index (χ1) is 9.26. The zero-order valence-electron chi connectivity index (χ0n) is 12.2. The van der Waals surface area contributed by atoms with Crippen molar-refractivity contribution >= 4 is 18.3 Å². The van der Waals surface area contributed by atoms with Gasteiger partial charge >= 0.3 is 0 Å². The minimum atomic E-state index is 0. The van der Waals surface area contributed by atoms with Crippen molar-refractivity contribution < 1.29 is 4.79 Å². The van der Waals surface area contributed by atoms with E-state index in [0.717, 1.165) is 32.2 Å². The van der Waals surface area contributed by atoms with Gasteiger partial charge in [-0.1, -0.05) is 31.2 Å². The number of benzene rings is 1. The molecule has 0 saturated heterocycles. The summed E-state index contributed by atoms with van der Waals surface area (Å²) in [7, 11) is 0. The number of carbonyl (C=O) groups excluding carboxylic acids is 1. The Morgan fingerprint density at radius 2 is 2.05 bits per heavy atom. The highest BCUT2D eigenvalue weighted by atomic mass is 35.5. The maximum Gasteiger partial charge on any atom is 0.224 e. The van der Waals surface area contributed by atoms with E-state index in [1.807, 2.05) is 0 Å². The Morgan fingerprint density at radius 3 is 2.70 bits per heavy atom. The van der Waals surface area contributed by atoms with E-state index in [1.54, 1.807) is 0 Å². The van der Waals surface area contributed by atoms with E-state index < -0.39 is 0 Å². The third-order valence-electron chi connectivity index (χ3n) is 3.90. The van der Waals surface area contributed by atoms with Crippen LogP contribution in [0.4, 0.5) is 0 Å². The average molecular weight is 297 g/mol. The van der Waals surface area contributed by atoms with Crippen LogP contribution >= 0.6 is 12.4 Å². The van der Waals surface area contributed by atoms with E-state index in [1.165, 1.54) is 11.1 Å². The molecule has 0 spiro atoms. The van der Waals surface area contributed by atoms with Gasteiger partial charge in [0.1, 0.15) is 0 Å². The monoisotopic (exact) mass is 296 g/mol. The van der Waals surface area contributed by atoms with Gasteiger partial charge in [-0.3, -0.25) is 4.79 Å². The molecular weight excluding hydrogens is 272 g/mol. The van der Waals surface area contributed by atoms with Crippen LogP contribution in [0.25, 0.3) is 0 Å². The summed E-state index contributed by atoms with van der Waals surface area (Å²) in [6, 6.07) is 8.94. The molecule has 0 aliphatic heterocycles. The lowest BCUT2D eigenvalue weighted by atomic mass is 9.87. The number of carbonyl (C=O) groups is 1. The molecule has 4 heteroatoms. The van der Waals surface area contributed by atoms with Crippen molar-refractivity contribution in [3.63, 3.8) is 0 Å². The Balaban J connectivity index is 0.00000200. The van der Waals surface area contributed by atoms with Gasteiger partial charge in [0.25, 0.3) is 0 Å². The number of hydrogen-bond donors (Lipinski definition) is 1. The smallest absolute Gasteiger partial charge is 0.224 e. The van der Waals surface area contributed by atoms with E-state index in [0.29, 0.717) is 19.0 Å². The number of aryl methyl sites for hydroxylation is 1. The van der Waals surface area contributed by atoms with E-state index in [9.17, 15) is 4.79 Å². The summed E-state index contributed by atoms with van der Waals surface area (Å²) < 4.78 is 0. The maximum atomic E-state index is 12.2. The molecular formula is C16H25ClN2O. The molecule has 2 N–H and O–H groups in total. The van der Waals surface area contributed by atoms with Gasteiger partial charge in [-0.15, -0.1) is 12.4 Å². The largest absolute Gasteiger partial charge is 0.339 e. The number of amides is 1. The number of fused-ring (bicyclic) bond motifs is 1. The fraction of sp³-hybridized carbons (Fsp3) is 0.562. The van der Waals surface area contributed by atoms with Gasteiger partial charge in [-0.05, 0) is 36.8 Å². The second-order valence-electron chi connectivity index (χ2n) is 5.29. The molecule has 0 heterocycles. The molecule has 1 amide bonds. The van der Waals surface area contributed by atoms with Crippen LogP contribution in [0.1, 0.15) is 37.3 Å². The second-order valence-corrected chi connectivity index (χ2v) is 5.29. The summed E-state index contributed by atoms with van der Waals surface area (Å²) in [6.45, 7) is 3.42. The van der Waals surface area contributed by atoms with Crippen molar-refractivity contribution in [2.75, 3.05) is 13.1 Å². The molecule has 1 unspecified atom stereocenters. The normalized spacial score (nSPS) is 17.0. The summed E-state index contributed by atoms with van der Waals surface area (Å²) in [5.74, 6) is 0.216. The lowest BCUT2D eigenvalue weighted by molar-refractivity contribution is -0.133. The van der Waals surface area contributed by atoms with Crippen molar-refractivity contribution in [3.05, 3.63) is 35.4 Å². The molecule has 112 valence electrons. The summed E-state index contributed by atoms with van der Waals surface area (Å²) in [5.41, 5.74) is 8.37. The van der Waals surface area contributed by atoms with E-state index in [4.69, 9.17) is 5.73 Å². The summed E-state index contributed by atoms with van der Waals surface area (Å²) in [6.07, 6.45) is 4.63. The summed E-state index contributed by atoms with van der Waals surface area (Å²) >= 11 is 0. The van der Waals surface area contributed by atoms with Crippen molar-refractivity contribution in [1.29, 1.82) is 0 Å². The Labute approximate surface area is 127 Å². The van der Waals surface area contributed by atoms with Crippen LogP contribution in [0.5, 0.6) is 0 Å². The molecule has 2 rings (SSSR count). The number of nitrogens with zero attached hydrogens (tertiary/aromatic N) is 1.